The molecule has 168 valence electrons. The van der Waals surface area contributed by atoms with E-state index in [2.05, 4.69) is 50.3 Å². The van der Waals surface area contributed by atoms with Crippen LogP contribution in [0.1, 0.15) is 12.0 Å². The average Bonchev–Trinajstić information content (AvgIpc) is 3.52. The molecule has 5 aromatic rings. The normalized spacial score (nSPS) is 11.5. The highest BCUT2D eigenvalue weighted by Crippen LogP contribution is 2.42. The Labute approximate surface area is 190 Å². The summed E-state index contributed by atoms with van der Waals surface area (Å²) >= 11 is 0. The first-order chi connectivity index (χ1) is 16.1. The summed E-state index contributed by atoms with van der Waals surface area (Å²) in [7, 11) is 1.76. The molecule has 0 unspecified atom stereocenters. The van der Waals surface area contributed by atoms with E-state index in [4.69, 9.17) is 5.73 Å². The quantitative estimate of drug-likeness (QED) is 0.277. The van der Waals surface area contributed by atoms with Gasteiger partial charge in [-0.1, -0.05) is 24.3 Å². The predicted molar refractivity (Wildman–Crippen MR) is 131 cm³/mol. The number of benzene rings is 2. The van der Waals surface area contributed by atoms with E-state index in [0.29, 0.717) is 19.5 Å². The maximum absolute atomic E-state index is 12.4. The lowest BCUT2D eigenvalue weighted by atomic mass is 9.93. The smallest absolute Gasteiger partial charge is 0.325 e. The molecule has 0 aliphatic heterocycles. The number of nitrogens with one attached hydrogen (secondary N) is 3. The zero-order valence-electron chi connectivity index (χ0n) is 18.4. The van der Waals surface area contributed by atoms with Crippen molar-refractivity contribution in [3.63, 3.8) is 0 Å². The molecule has 33 heavy (non-hydrogen) atoms. The maximum Gasteiger partial charge on any atom is 0.325 e. The number of amides is 1. The summed E-state index contributed by atoms with van der Waals surface area (Å²) < 4.78 is 3.86. The Balaban J connectivity index is 1.84. The summed E-state index contributed by atoms with van der Waals surface area (Å²) in [4.78, 5) is 29.5. The SMILES string of the molecule is Cn1c(-c2c(-c3cn(CCCN)c4ccccc34)ccc3[nH]cc(CNC=O)c23)c[nH]c1=O. The van der Waals surface area contributed by atoms with Gasteiger partial charge in [0, 0.05) is 71.7 Å². The second kappa shape index (κ2) is 8.48. The predicted octanol–water partition coefficient (Wildman–Crippen LogP) is 3.08. The van der Waals surface area contributed by atoms with Gasteiger partial charge in [0.25, 0.3) is 0 Å². The molecule has 8 heteroatoms. The van der Waals surface area contributed by atoms with E-state index in [9.17, 15) is 9.59 Å². The van der Waals surface area contributed by atoms with E-state index in [1.165, 1.54) is 0 Å². The second-order valence-corrected chi connectivity index (χ2v) is 8.16. The molecule has 8 nitrogen and oxygen atoms in total. The molecule has 3 aromatic heterocycles. The number of hydrogen-bond acceptors (Lipinski definition) is 3. The van der Waals surface area contributed by atoms with Crippen LogP contribution in [0.15, 0.2) is 59.8 Å². The number of H-pyrrole nitrogens is 2. The number of hydrogen-bond donors (Lipinski definition) is 4. The fraction of sp³-hybridized carbons (Fsp3) is 0.200. The van der Waals surface area contributed by atoms with Crippen molar-refractivity contribution in [2.24, 2.45) is 12.8 Å². The van der Waals surface area contributed by atoms with Gasteiger partial charge in [-0.05, 0) is 36.2 Å². The summed E-state index contributed by atoms with van der Waals surface area (Å²) in [5, 5.41) is 4.88. The average molecular weight is 443 g/mol. The van der Waals surface area contributed by atoms with Gasteiger partial charge in [0.15, 0.2) is 0 Å². The van der Waals surface area contributed by atoms with E-state index >= 15 is 0 Å². The molecular formula is C25H26N6O2. The van der Waals surface area contributed by atoms with Crippen LogP contribution >= 0.6 is 0 Å². The largest absolute Gasteiger partial charge is 0.361 e. The van der Waals surface area contributed by atoms with Crippen molar-refractivity contribution in [3.8, 4) is 22.4 Å². The lowest BCUT2D eigenvalue weighted by Gasteiger charge is -2.13. The Morgan fingerprint density at radius 1 is 1.09 bits per heavy atom. The number of aryl methyl sites for hydroxylation is 1. The third-order valence-electron chi connectivity index (χ3n) is 6.24. The molecule has 5 rings (SSSR count). The molecule has 2 aromatic carbocycles. The number of aromatic nitrogens is 4. The summed E-state index contributed by atoms with van der Waals surface area (Å²) in [6.07, 6.45) is 7.41. The van der Waals surface area contributed by atoms with Gasteiger partial charge in [-0.25, -0.2) is 4.79 Å². The number of fused-ring (bicyclic) bond motifs is 2. The summed E-state index contributed by atoms with van der Waals surface area (Å²) in [5.41, 5.74) is 12.5. The Morgan fingerprint density at radius 2 is 1.94 bits per heavy atom. The highest BCUT2D eigenvalue weighted by molar-refractivity contribution is 6.08. The van der Waals surface area contributed by atoms with Gasteiger partial charge in [0.05, 0.1) is 5.69 Å². The third-order valence-corrected chi connectivity index (χ3v) is 6.24. The van der Waals surface area contributed by atoms with Crippen molar-refractivity contribution in [1.29, 1.82) is 0 Å². The fourth-order valence-electron chi connectivity index (χ4n) is 4.66. The highest BCUT2D eigenvalue weighted by Gasteiger charge is 2.21. The first-order valence-corrected chi connectivity index (χ1v) is 11.0. The molecule has 0 spiro atoms. The highest BCUT2D eigenvalue weighted by atomic mass is 16.1. The van der Waals surface area contributed by atoms with Gasteiger partial charge in [-0.15, -0.1) is 0 Å². The minimum atomic E-state index is -0.179. The van der Waals surface area contributed by atoms with E-state index in [1.54, 1.807) is 17.8 Å². The number of nitrogens with zero attached hydrogens (tertiary/aromatic N) is 2. The van der Waals surface area contributed by atoms with Crippen LogP contribution < -0.4 is 16.7 Å². The number of carbonyl (C=O) groups excluding carboxylic acids is 1. The fourth-order valence-corrected chi connectivity index (χ4v) is 4.66. The van der Waals surface area contributed by atoms with Crippen LogP contribution in [0.2, 0.25) is 0 Å². The molecule has 1 amide bonds. The number of carbonyl (C=O) groups is 1. The van der Waals surface area contributed by atoms with E-state index in [-0.39, 0.29) is 5.69 Å². The number of aromatic amines is 2. The first-order valence-electron chi connectivity index (χ1n) is 11.0. The minimum absolute atomic E-state index is 0.179. The number of para-hydroxylation sites is 1. The Kier molecular flexibility index (Phi) is 5.35. The van der Waals surface area contributed by atoms with Crippen LogP contribution in [0.3, 0.4) is 0 Å². The Bertz CT molecular complexity index is 1520. The molecule has 0 bridgehead atoms. The maximum atomic E-state index is 12.4. The van der Waals surface area contributed by atoms with Gasteiger partial charge in [0.1, 0.15) is 0 Å². The van der Waals surface area contributed by atoms with E-state index in [1.807, 2.05) is 18.3 Å². The van der Waals surface area contributed by atoms with Crippen LogP contribution in [0.5, 0.6) is 0 Å². The number of imidazole rings is 1. The Morgan fingerprint density at radius 3 is 2.70 bits per heavy atom. The lowest BCUT2D eigenvalue weighted by molar-refractivity contribution is -0.109. The molecule has 3 heterocycles. The van der Waals surface area contributed by atoms with Crippen LogP contribution in [-0.4, -0.2) is 32.1 Å². The molecule has 5 N–H and O–H groups in total. The van der Waals surface area contributed by atoms with Gasteiger partial charge in [-0.2, -0.15) is 0 Å². The zero-order chi connectivity index (χ0) is 22.9. The number of rotatable bonds is 8. The van der Waals surface area contributed by atoms with Crippen molar-refractivity contribution in [2.45, 2.75) is 19.5 Å². The first kappa shape index (κ1) is 20.8. The van der Waals surface area contributed by atoms with Crippen molar-refractivity contribution in [1.82, 2.24) is 24.4 Å². The minimum Gasteiger partial charge on any atom is -0.361 e. The second-order valence-electron chi connectivity index (χ2n) is 8.16. The monoisotopic (exact) mass is 442 g/mol. The van der Waals surface area contributed by atoms with Crippen molar-refractivity contribution in [3.05, 3.63) is 71.0 Å². The summed E-state index contributed by atoms with van der Waals surface area (Å²) in [6, 6.07) is 12.5. The van der Waals surface area contributed by atoms with Crippen LogP contribution in [0, 0.1) is 0 Å². The van der Waals surface area contributed by atoms with E-state index < -0.39 is 0 Å². The van der Waals surface area contributed by atoms with Crippen molar-refractivity contribution < 1.29 is 4.79 Å². The standard InChI is InChI=1S/C25H26N6O2/c1-30-22(13-29-25(30)33)24-18(7-8-20-23(24)16(12-28-20)11-27-15-32)19-14-31(10-4-9-26)21-6-3-2-5-17(19)21/h2-3,5-8,12-15,28H,4,9-11,26H2,1H3,(H,27,32)(H,29,33). The molecule has 0 radical (unpaired) electrons. The molecule has 0 atom stereocenters. The molecule has 0 aliphatic rings. The van der Waals surface area contributed by atoms with Gasteiger partial charge in [-0.3, -0.25) is 9.36 Å². The molecule has 0 fully saturated rings. The summed E-state index contributed by atoms with van der Waals surface area (Å²) in [5.74, 6) is 0. The Hall–Kier alpha value is -4.04. The topological polar surface area (TPSA) is 114 Å². The third kappa shape index (κ3) is 3.44. The molecule has 0 saturated carbocycles. The van der Waals surface area contributed by atoms with Crippen LogP contribution in [0.4, 0.5) is 0 Å². The van der Waals surface area contributed by atoms with Crippen molar-refractivity contribution in [2.75, 3.05) is 6.54 Å². The van der Waals surface area contributed by atoms with Crippen LogP contribution in [-0.2, 0) is 24.9 Å². The summed E-state index contributed by atoms with van der Waals surface area (Å²) in [6.45, 7) is 1.84. The van der Waals surface area contributed by atoms with Gasteiger partial charge in [0.2, 0.25) is 6.41 Å². The lowest BCUT2D eigenvalue weighted by Crippen LogP contribution is -2.13. The zero-order valence-corrected chi connectivity index (χ0v) is 18.4. The van der Waals surface area contributed by atoms with Gasteiger partial charge < -0.3 is 25.6 Å². The van der Waals surface area contributed by atoms with Gasteiger partial charge >= 0.3 is 5.69 Å². The van der Waals surface area contributed by atoms with Crippen LogP contribution in [0.25, 0.3) is 44.2 Å². The molecular weight excluding hydrogens is 416 g/mol. The molecule has 0 saturated heterocycles. The number of nitrogens with two attached hydrogens (primary N) is 1. The van der Waals surface area contributed by atoms with Crippen molar-refractivity contribution >= 4 is 28.2 Å². The van der Waals surface area contributed by atoms with E-state index in [0.717, 1.165) is 62.7 Å². The molecule has 0 aliphatic carbocycles.